The zero-order valence-electron chi connectivity index (χ0n) is 10.3. The van der Waals surface area contributed by atoms with E-state index in [0.717, 1.165) is 5.56 Å². The molecule has 0 heterocycles. The molecule has 17 heavy (non-hydrogen) atoms. The van der Waals surface area contributed by atoms with Gasteiger partial charge in [0.1, 0.15) is 5.75 Å². The van der Waals surface area contributed by atoms with Gasteiger partial charge in [-0.3, -0.25) is 4.79 Å². The van der Waals surface area contributed by atoms with E-state index in [0.29, 0.717) is 17.9 Å². The lowest BCUT2D eigenvalue weighted by molar-refractivity contribution is -0.116. The first-order chi connectivity index (χ1) is 7.52. The number of rotatable bonds is 4. The minimum atomic E-state index is -0.142. The lowest BCUT2D eigenvalue weighted by atomic mass is 10.2. The summed E-state index contributed by atoms with van der Waals surface area (Å²) < 4.78 is 5.19. The number of anilines is 1. The van der Waals surface area contributed by atoms with Crippen LogP contribution in [0.3, 0.4) is 0 Å². The van der Waals surface area contributed by atoms with Crippen LogP contribution in [0.5, 0.6) is 5.75 Å². The molecule has 0 aliphatic heterocycles. The third-order valence-corrected chi connectivity index (χ3v) is 2.14. The van der Waals surface area contributed by atoms with Gasteiger partial charge in [-0.05, 0) is 31.5 Å². The van der Waals surface area contributed by atoms with Gasteiger partial charge in [0.2, 0.25) is 5.91 Å². The Bertz CT molecular complexity index is 381. The van der Waals surface area contributed by atoms with Crippen molar-refractivity contribution in [1.29, 1.82) is 0 Å². The highest BCUT2D eigenvalue weighted by molar-refractivity contribution is 5.92. The van der Waals surface area contributed by atoms with Crippen molar-refractivity contribution in [3.05, 3.63) is 23.8 Å². The number of amides is 1. The van der Waals surface area contributed by atoms with Gasteiger partial charge in [-0.15, -0.1) is 12.4 Å². The van der Waals surface area contributed by atoms with Crippen LogP contribution in [0.2, 0.25) is 0 Å². The Balaban J connectivity index is 0.00000256. The Labute approximate surface area is 108 Å². The van der Waals surface area contributed by atoms with Gasteiger partial charge in [-0.25, -0.2) is 0 Å². The molecule has 0 aliphatic carbocycles. The zero-order chi connectivity index (χ0) is 12.1. The highest BCUT2D eigenvalue weighted by atomic mass is 35.5. The Morgan fingerprint density at radius 2 is 2.18 bits per heavy atom. The number of methoxy groups -OCH3 is 1. The van der Waals surface area contributed by atoms with E-state index < -0.39 is 0 Å². The molecule has 0 spiro atoms. The van der Waals surface area contributed by atoms with Crippen molar-refractivity contribution < 1.29 is 9.53 Å². The van der Waals surface area contributed by atoms with Gasteiger partial charge in [0.25, 0.3) is 0 Å². The third-order valence-electron chi connectivity index (χ3n) is 2.14. The van der Waals surface area contributed by atoms with Crippen LogP contribution < -0.4 is 15.8 Å². The quantitative estimate of drug-likeness (QED) is 0.869. The molecular formula is C12H19ClN2O2. The van der Waals surface area contributed by atoms with Gasteiger partial charge in [-0.2, -0.15) is 0 Å². The standard InChI is InChI=1S/C12H18N2O2.ClH/c1-8-4-5-10(11(6-8)16-3)14-12(15)7-9(2)13;/h4-6,9H,7,13H2,1-3H3,(H,14,15);1H. The Kier molecular flexibility index (Phi) is 6.61. The second-order valence-corrected chi connectivity index (χ2v) is 3.93. The minimum absolute atomic E-state index is 0. The summed E-state index contributed by atoms with van der Waals surface area (Å²) in [5.74, 6) is 0.565. The number of carbonyl (C=O) groups is 1. The van der Waals surface area contributed by atoms with Crippen molar-refractivity contribution in [1.82, 2.24) is 0 Å². The lowest BCUT2D eigenvalue weighted by Gasteiger charge is -2.11. The van der Waals surface area contributed by atoms with Crippen LogP contribution in [-0.4, -0.2) is 19.1 Å². The molecule has 0 bridgehead atoms. The number of ether oxygens (including phenoxy) is 1. The Hall–Kier alpha value is -1.26. The Morgan fingerprint density at radius 3 is 2.71 bits per heavy atom. The van der Waals surface area contributed by atoms with Crippen LogP contribution >= 0.6 is 12.4 Å². The van der Waals surface area contributed by atoms with E-state index in [9.17, 15) is 4.79 Å². The maximum absolute atomic E-state index is 11.5. The molecule has 1 aromatic rings. The smallest absolute Gasteiger partial charge is 0.226 e. The molecule has 1 unspecified atom stereocenters. The highest BCUT2D eigenvalue weighted by Crippen LogP contribution is 2.25. The molecule has 0 fully saturated rings. The monoisotopic (exact) mass is 258 g/mol. The number of nitrogens with two attached hydrogens (primary N) is 1. The number of hydrogen-bond donors (Lipinski definition) is 2. The molecule has 1 amide bonds. The average Bonchev–Trinajstić information content (AvgIpc) is 2.19. The summed E-state index contributed by atoms with van der Waals surface area (Å²) >= 11 is 0. The van der Waals surface area contributed by atoms with Crippen LogP contribution in [0.1, 0.15) is 18.9 Å². The molecule has 1 rings (SSSR count). The average molecular weight is 259 g/mol. The normalized spacial score (nSPS) is 11.3. The summed E-state index contributed by atoms with van der Waals surface area (Å²) in [5, 5.41) is 2.78. The molecule has 5 heteroatoms. The molecule has 96 valence electrons. The van der Waals surface area contributed by atoms with Gasteiger partial charge < -0.3 is 15.8 Å². The second kappa shape index (κ2) is 7.14. The van der Waals surface area contributed by atoms with Gasteiger partial charge in [0.15, 0.2) is 0 Å². The molecule has 1 aromatic carbocycles. The van der Waals surface area contributed by atoms with Gasteiger partial charge in [-0.1, -0.05) is 6.07 Å². The first kappa shape index (κ1) is 15.7. The highest BCUT2D eigenvalue weighted by Gasteiger charge is 2.09. The van der Waals surface area contributed by atoms with Gasteiger partial charge >= 0.3 is 0 Å². The van der Waals surface area contributed by atoms with Crippen LogP contribution in [0, 0.1) is 6.92 Å². The molecular weight excluding hydrogens is 240 g/mol. The first-order valence-electron chi connectivity index (χ1n) is 5.23. The zero-order valence-corrected chi connectivity index (χ0v) is 11.1. The molecule has 0 radical (unpaired) electrons. The molecule has 3 N–H and O–H groups in total. The predicted octanol–water partition coefficient (Wildman–Crippen LogP) is 2.10. The SMILES string of the molecule is COc1cc(C)ccc1NC(=O)CC(C)N.Cl. The van der Waals surface area contributed by atoms with Gasteiger partial charge in [0, 0.05) is 12.5 Å². The van der Waals surface area contributed by atoms with Crippen molar-refractivity contribution in [3.8, 4) is 5.75 Å². The maximum atomic E-state index is 11.5. The molecule has 1 atom stereocenters. The summed E-state index contributed by atoms with van der Waals surface area (Å²) in [7, 11) is 1.58. The molecule has 0 saturated carbocycles. The number of hydrogen-bond acceptors (Lipinski definition) is 3. The van der Waals surface area contributed by atoms with Crippen LogP contribution in [-0.2, 0) is 4.79 Å². The number of nitrogens with one attached hydrogen (secondary N) is 1. The van der Waals surface area contributed by atoms with Crippen LogP contribution in [0.25, 0.3) is 0 Å². The first-order valence-corrected chi connectivity index (χ1v) is 5.23. The van der Waals surface area contributed by atoms with E-state index in [2.05, 4.69) is 5.32 Å². The molecule has 4 nitrogen and oxygen atoms in total. The van der Waals surface area contributed by atoms with E-state index in [-0.39, 0.29) is 24.4 Å². The summed E-state index contributed by atoms with van der Waals surface area (Å²) in [6.07, 6.45) is 0.303. The third kappa shape index (κ3) is 5.06. The molecule has 0 saturated heterocycles. The summed E-state index contributed by atoms with van der Waals surface area (Å²) in [4.78, 5) is 11.5. The van der Waals surface area contributed by atoms with Crippen molar-refractivity contribution in [3.63, 3.8) is 0 Å². The topological polar surface area (TPSA) is 64.3 Å². The van der Waals surface area contributed by atoms with Crippen LogP contribution in [0.15, 0.2) is 18.2 Å². The van der Waals surface area contributed by atoms with E-state index in [4.69, 9.17) is 10.5 Å². The molecule has 0 aliphatic rings. The fraction of sp³-hybridized carbons (Fsp3) is 0.417. The summed E-state index contributed by atoms with van der Waals surface area (Å²) in [6, 6.07) is 5.48. The van der Waals surface area contributed by atoms with E-state index in [1.54, 1.807) is 14.0 Å². The number of carbonyl (C=O) groups excluding carboxylic acids is 1. The lowest BCUT2D eigenvalue weighted by Crippen LogP contribution is -2.24. The predicted molar refractivity (Wildman–Crippen MR) is 71.9 cm³/mol. The fourth-order valence-electron chi connectivity index (χ4n) is 1.40. The van der Waals surface area contributed by atoms with Crippen LogP contribution in [0.4, 0.5) is 5.69 Å². The largest absolute Gasteiger partial charge is 0.495 e. The summed E-state index contributed by atoms with van der Waals surface area (Å²) in [5.41, 5.74) is 7.31. The molecule has 0 aromatic heterocycles. The summed E-state index contributed by atoms with van der Waals surface area (Å²) in [6.45, 7) is 3.77. The van der Waals surface area contributed by atoms with Crippen molar-refractivity contribution >= 4 is 24.0 Å². The fourth-order valence-corrected chi connectivity index (χ4v) is 1.40. The van der Waals surface area contributed by atoms with E-state index >= 15 is 0 Å². The van der Waals surface area contributed by atoms with E-state index in [1.165, 1.54) is 0 Å². The van der Waals surface area contributed by atoms with Crippen molar-refractivity contribution in [2.75, 3.05) is 12.4 Å². The maximum Gasteiger partial charge on any atom is 0.226 e. The van der Waals surface area contributed by atoms with E-state index in [1.807, 2.05) is 25.1 Å². The van der Waals surface area contributed by atoms with Crippen molar-refractivity contribution in [2.24, 2.45) is 5.73 Å². The Morgan fingerprint density at radius 1 is 1.53 bits per heavy atom. The van der Waals surface area contributed by atoms with Gasteiger partial charge in [0.05, 0.1) is 12.8 Å². The van der Waals surface area contributed by atoms with Crippen molar-refractivity contribution in [2.45, 2.75) is 26.3 Å². The second-order valence-electron chi connectivity index (χ2n) is 3.93. The minimum Gasteiger partial charge on any atom is -0.495 e. The number of aryl methyl sites for hydroxylation is 1. The number of halogens is 1. The number of benzene rings is 1.